The van der Waals surface area contributed by atoms with Gasteiger partial charge in [-0.25, -0.2) is 9.38 Å². The maximum absolute atomic E-state index is 14.5. The number of halogens is 1. The standard InChI is InChI=1S/C21H24FN5S/c1-24-21(13-23)27-19-5-3-2-4-15(19)14-26-16-6-7-20(18(22)12-16)28-17-8-10-25-11-9-17/h6-12,14,26H,2-5,13,23H2,1H3/b15-14+,24-21?,27-19?. The van der Waals surface area contributed by atoms with Crippen LogP contribution in [0.4, 0.5) is 10.1 Å². The van der Waals surface area contributed by atoms with Gasteiger partial charge in [0.1, 0.15) is 11.7 Å². The number of nitrogens with zero attached hydrogens (tertiary/aromatic N) is 3. The predicted octanol–water partition coefficient (Wildman–Crippen LogP) is 4.67. The van der Waals surface area contributed by atoms with Crippen molar-refractivity contribution in [2.24, 2.45) is 15.7 Å². The van der Waals surface area contributed by atoms with Crippen molar-refractivity contribution >= 4 is 29.0 Å². The van der Waals surface area contributed by atoms with Crippen LogP contribution in [-0.2, 0) is 0 Å². The van der Waals surface area contributed by atoms with Gasteiger partial charge in [-0.05, 0) is 61.6 Å². The molecule has 3 rings (SSSR count). The third-order valence-electron chi connectivity index (χ3n) is 4.41. The van der Waals surface area contributed by atoms with Crippen LogP contribution in [0, 0.1) is 5.82 Å². The van der Waals surface area contributed by atoms with Crippen molar-refractivity contribution in [3.05, 3.63) is 60.3 Å². The predicted molar refractivity (Wildman–Crippen MR) is 115 cm³/mol. The van der Waals surface area contributed by atoms with Crippen LogP contribution in [-0.4, -0.2) is 30.1 Å². The molecule has 0 radical (unpaired) electrons. The van der Waals surface area contributed by atoms with Crippen molar-refractivity contribution in [3.63, 3.8) is 0 Å². The summed E-state index contributed by atoms with van der Waals surface area (Å²) in [5.74, 6) is 0.387. The summed E-state index contributed by atoms with van der Waals surface area (Å²) in [7, 11) is 1.70. The zero-order valence-electron chi connectivity index (χ0n) is 15.9. The number of rotatable bonds is 5. The van der Waals surface area contributed by atoms with Crippen LogP contribution in [0.15, 0.2) is 74.3 Å². The number of aliphatic imine (C=N–C) groups is 2. The lowest BCUT2D eigenvalue weighted by Gasteiger charge is -2.17. The summed E-state index contributed by atoms with van der Waals surface area (Å²) in [5.41, 5.74) is 8.51. The highest BCUT2D eigenvalue weighted by Crippen LogP contribution is 2.31. The van der Waals surface area contributed by atoms with E-state index in [1.165, 1.54) is 17.8 Å². The molecule has 0 amide bonds. The molecule has 1 heterocycles. The summed E-state index contributed by atoms with van der Waals surface area (Å²) in [6.07, 6.45) is 9.38. The summed E-state index contributed by atoms with van der Waals surface area (Å²) in [6.45, 7) is 0.322. The zero-order chi connectivity index (χ0) is 19.8. The molecule has 1 saturated carbocycles. The number of aromatic nitrogens is 1. The van der Waals surface area contributed by atoms with Gasteiger partial charge in [-0.3, -0.25) is 9.98 Å². The lowest BCUT2D eigenvalue weighted by atomic mass is 9.93. The van der Waals surface area contributed by atoms with E-state index < -0.39 is 0 Å². The summed E-state index contributed by atoms with van der Waals surface area (Å²) in [6, 6.07) is 8.90. The lowest BCUT2D eigenvalue weighted by molar-refractivity contribution is 0.602. The van der Waals surface area contributed by atoms with Crippen LogP contribution in [0.5, 0.6) is 0 Å². The Morgan fingerprint density at radius 1 is 1.25 bits per heavy atom. The van der Waals surface area contributed by atoms with Gasteiger partial charge in [-0.15, -0.1) is 0 Å². The molecule has 1 aliphatic carbocycles. The van der Waals surface area contributed by atoms with E-state index in [2.05, 4.69) is 20.3 Å². The van der Waals surface area contributed by atoms with E-state index in [-0.39, 0.29) is 5.82 Å². The molecule has 3 N–H and O–H groups in total. The first-order valence-electron chi connectivity index (χ1n) is 9.26. The van der Waals surface area contributed by atoms with Crippen molar-refractivity contribution < 1.29 is 4.39 Å². The van der Waals surface area contributed by atoms with Gasteiger partial charge in [0.15, 0.2) is 0 Å². The molecule has 0 atom stereocenters. The van der Waals surface area contributed by atoms with Crippen molar-refractivity contribution in [2.45, 2.75) is 35.5 Å². The minimum Gasteiger partial charge on any atom is -0.361 e. The molecule has 146 valence electrons. The molecule has 1 aromatic heterocycles. The van der Waals surface area contributed by atoms with E-state index >= 15 is 0 Å². The number of amidine groups is 1. The van der Waals surface area contributed by atoms with Gasteiger partial charge in [0, 0.05) is 46.8 Å². The molecule has 0 unspecified atom stereocenters. The van der Waals surface area contributed by atoms with Gasteiger partial charge >= 0.3 is 0 Å². The summed E-state index contributed by atoms with van der Waals surface area (Å²) in [4.78, 5) is 14.2. The molecule has 1 aromatic carbocycles. The molecule has 1 aliphatic rings. The molecule has 7 heteroatoms. The fraction of sp³-hybridized carbons (Fsp3) is 0.286. The van der Waals surface area contributed by atoms with Gasteiger partial charge in [0.05, 0.1) is 6.54 Å². The highest BCUT2D eigenvalue weighted by molar-refractivity contribution is 7.99. The highest BCUT2D eigenvalue weighted by atomic mass is 32.2. The van der Waals surface area contributed by atoms with E-state index in [1.807, 2.05) is 24.4 Å². The Labute approximate surface area is 169 Å². The number of benzene rings is 1. The van der Waals surface area contributed by atoms with Crippen molar-refractivity contribution in [2.75, 3.05) is 18.9 Å². The largest absolute Gasteiger partial charge is 0.361 e. The smallest absolute Gasteiger partial charge is 0.139 e. The SMILES string of the molecule is CN=C(CN)N=C1CCCC/C1=C\Nc1ccc(Sc2ccncc2)c(F)c1. The minimum absolute atomic E-state index is 0.258. The molecule has 0 spiro atoms. The summed E-state index contributed by atoms with van der Waals surface area (Å²) >= 11 is 1.38. The Morgan fingerprint density at radius 3 is 2.75 bits per heavy atom. The van der Waals surface area contributed by atoms with Crippen molar-refractivity contribution in [1.82, 2.24) is 4.98 Å². The third kappa shape index (κ3) is 5.50. The maximum Gasteiger partial charge on any atom is 0.139 e. The summed E-state index contributed by atoms with van der Waals surface area (Å²) < 4.78 is 14.5. The molecular weight excluding hydrogens is 373 g/mol. The fourth-order valence-corrected chi connectivity index (χ4v) is 3.72. The Bertz CT molecular complexity index is 893. The highest BCUT2D eigenvalue weighted by Gasteiger charge is 2.14. The second kappa shape index (κ2) is 10.1. The Hall–Kier alpha value is -2.51. The molecular formula is C21H24FN5S. The fourth-order valence-electron chi connectivity index (χ4n) is 2.92. The normalized spacial score (nSPS) is 17.9. The van der Waals surface area contributed by atoms with E-state index in [1.54, 1.807) is 25.5 Å². The molecule has 5 nitrogen and oxygen atoms in total. The number of hydrogen-bond acceptors (Lipinski definition) is 5. The first-order valence-corrected chi connectivity index (χ1v) is 10.1. The van der Waals surface area contributed by atoms with Crippen LogP contribution >= 0.6 is 11.8 Å². The van der Waals surface area contributed by atoms with Gasteiger partial charge in [-0.2, -0.15) is 0 Å². The van der Waals surface area contributed by atoms with Crippen LogP contribution < -0.4 is 11.1 Å². The zero-order valence-corrected chi connectivity index (χ0v) is 16.7. The average molecular weight is 398 g/mol. The van der Waals surface area contributed by atoms with E-state index in [0.717, 1.165) is 41.9 Å². The number of nitrogens with one attached hydrogen (secondary N) is 1. The number of anilines is 1. The first-order chi connectivity index (χ1) is 13.7. The van der Waals surface area contributed by atoms with Crippen LogP contribution in [0.2, 0.25) is 0 Å². The molecule has 2 aromatic rings. The third-order valence-corrected chi connectivity index (χ3v) is 5.47. The van der Waals surface area contributed by atoms with E-state index in [0.29, 0.717) is 23.0 Å². The van der Waals surface area contributed by atoms with E-state index in [9.17, 15) is 4.39 Å². The van der Waals surface area contributed by atoms with Crippen LogP contribution in [0.3, 0.4) is 0 Å². The van der Waals surface area contributed by atoms with Gasteiger partial charge in [0.25, 0.3) is 0 Å². The van der Waals surface area contributed by atoms with Gasteiger partial charge in [0.2, 0.25) is 0 Å². The van der Waals surface area contributed by atoms with Crippen LogP contribution in [0.25, 0.3) is 0 Å². The quantitative estimate of drug-likeness (QED) is 0.568. The second-order valence-electron chi connectivity index (χ2n) is 6.35. The van der Waals surface area contributed by atoms with Crippen molar-refractivity contribution in [3.8, 4) is 0 Å². The first kappa shape index (κ1) is 20.2. The average Bonchev–Trinajstić information content (AvgIpc) is 2.73. The number of hydrogen-bond donors (Lipinski definition) is 2. The minimum atomic E-state index is -0.258. The second-order valence-corrected chi connectivity index (χ2v) is 7.47. The molecule has 1 fully saturated rings. The van der Waals surface area contributed by atoms with Crippen molar-refractivity contribution in [1.29, 1.82) is 0 Å². The molecule has 0 saturated heterocycles. The Morgan fingerprint density at radius 2 is 2.04 bits per heavy atom. The number of nitrogens with two attached hydrogens (primary N) is 1. The Kier molecular flexibility index (Phi) is 7.33. The molecule has 28 heavy (non-hydrogen) atoms. The maximum atomic E-state index is 14.5. The number of allylic oxidation sites excluding steroid dienone is 1. The molecule has 0 bridgehead atoms. The topological polar surface area (TPSA) is 75.7 Å². The molecule has 0 aliphatic heterocycles. The summed E-state index contributed by atoms with van der Waals surface area (Å²) in [5, 5.41) is 3.21. The van der Waals surface area contributed by atoms with Gasteiger partial charge in [-0.1, -0.05) is 11.8 Å². The Balaban J connectivity index is 1.73. The van der Waals surface area contributed by atoms with E-state index in [4.69, 9.17) is 5.73 Å². The monoisotopic (exact) mass is 397 g/mol. The number of pyridine rings is 1. The lowest BCUT2D eigenvalue weighted by Crippen LogP contribution is -2.17. The van der Waals surface area contributed by atoms with Gasteiger partial charge < -0.3 is 11.1 Å². The van der Waals surface area contributed by atoms with Crippen LogP contribution in [0.1, 0.15) is 25.7 Å².